The number of rotatable bonds is 2. The molecule has 1 aromatic carbocycles. The van der Waals surface area contributed by atoms with Crippen LogP contribution in [0.4, 0.5) is 4.39 Å². The van der Waals surface area contributed by atoms with E-state index in [1.54, 1.807) is 6.07 Å². The van der Waals surface area contributed by atoms with E-state index in [1.807, 2.05) is 6.07 Å². The van der Waals surface area contributed by atoms with Gasteiger partial charge in [-0.15, -0.1) is 0 Å². The summed E-state index contributed by atoms with van der Waals surface area (Å²) in [6.45, 7) is 0. The zero-order valence-corrected chi connectivity index (χ0v) is 10.00. The Kier molecular flexibility index (Phi) is 3.07. The topological polar surface area (TPSA) is 26.0 Å². The second kappa shape index (κ2) is 4.14. The first-order chi connectivity index (χ1) is 6.68. The first-order valence-electron chi connectivity index (χ1n) is 4.89. The molecule has 0 heterocycles. The fourth-order valence-corrected chi connectivity index (χ4v) is 2.66. The molecule has 0 aromatic heterocycles. The summed E-state index contributed by atoms with van der Waals surface area (Å²) >= 11 is 2.16. The van der Waals surface area contributed by atoms with E-state index in [4.69, 9.17) is 5.73 Å². The molecule has 1 aliphatic rings. The summed E-state index contributed by atoms with van der Waals surface area (Å²) in [5.74, 6) is 0.424. The van der Waals surface area contributed by atoms with Crippen molar-refractivity contribution < 1.29 is 4.39 Å². The number of halogens is 2. The molecule has 14 heavy (non-hydrogen) atoms. The Morgan fingerprint density at radius 3 is 2.64 bits per heavy atom. The molecule has 1 nitrogen and oxygen atoms in total. The van der Waals surface area contributed by atoms with E-state index in [9.17, 15) is 4.39 Å². The van der Waals surface area contributed by atoms with Crippen molar-refractivity contribution in [1.82, 2.24) is 0 Å². The Morgan fingerprint density at radius 2 is 2.14 bits per heavy atom. The van der Waals surface area contributed by atoms with Crippen LogP contribution < -0.4 is 5.73 Å². The number of hydrogen-bond acceptors (Lipinski definition) is 1. The van der Waals surface area contributed by atoms with Crippen molar-refractivity contribution in [3.05, 3.63) is 33.1 Å². The highest BCUT2D eigenvalue weighted by molar-refractivity contribution is 14.1. The average molecular weight is 305 g/mol. The molecule has 1 aliphatic carbocycles. The Labute approximate surface area is 97.0 Å². The van der Waals surface area contributed by atoms with E-state index in [0.29, 0.717) is 5.92 Å². The smallest absolute Gasteiger partial charge is 0.124 e. The minimum absolute atomic E-state index is 0.0937. The van der Waals surface area contributed by atoms with Crippen LogP contribution in [0.15, 0.2) is 18.2 Å². The van der Waals surface area contributed by atoms with Crippen molar-refractivity contribution in [2.24, 2.45) is 11.7 Å². The average Bonchev–Trinajstić information content (AvgIpc) is 2.00. The second-order valence-corrected chi connectivity index (χ2v) is 5.04. The summed E-state index contributed by atoms with van der Waals surface area (Å²) in [5, 5.41) is 0. The van der Waals surface area contributed by atoms with E-state index < -0.39 is 0 Å². The fourth-order valence-electron chi connectivity index (χ4n) is 1.82. The molecule has 2 N–H and O–H groups in total. The third kappa shape index (κ3) is 1.93. The summed E-state index contributed by atoms with van der Waals surface area (Å²) in [6, 6.07) is 4.96. The lowest BCUT2D eigenvalue weighted by molar-refractivity contribution is 0.263. The molecule has 1 fully saturated rings. The van der Waals surface area contributed by atoms with E-state index in [2.05, 4.69) is 22.6 Å². The highest BCUT2D eigenvalue weighted by Crippen LogP contribution is 2.37. The third-order valence-corrected chi connectivity index (χ3v) is 3.91. The van der Waals surface area contributed by atoms with Crippen molar-refractivity contribution in [2.75, 3.05) is 0 Å². The van der Waals surface area contributed by atoms with Gasteiger partial charge in [-0.1, -0.05) is 12.5 Å². The van der Waals surface area contributed by atoms with Crippen molar-refractivity contribution in [1.29, 1.82) is 0 Å². The van der Waals surface area contributed by atoms with Crippen molar-refractivity contribution in [2.45, 2.75) is 25.3 Å². The van der Waals surface area contributed by atoms with Crippen LogP contribution in [0, 0.1) is 15.3 Å². The van der Waals surface area contributed by atoms with Gasteiger partial charge in [-0.3, -0.25) is 0 Å². The van der Waals surface area contributed by atoms with Gasteiger partial charge in [0.25, 0.3) is 0 Å². The highest BCUT2D eigenvalue weighted by Gasteiger charge is 2.26. The molecule has 0 bridgehead atoms. The van der Waals surface area contributed by atoms with Gasteiger partial charge < -0.3 is 5.73 Å². The zero-order chi connectivity index (χ0) is 10.1. The number of nitrogens with two attached hydrogens (primary N) is 1. The predicted molar refractivity (Wildman–Crippen MR) is 63.4 cm³/mol. The van der Waals surface area contributed by atoms with E-state index in [-0.39, 0.29) is 11.9 Å². The first kappa shape index (κ1) is 10.4. The lowest BCUT2D eigenvalue weighted by Crippen LogP contribution is -2.27. The summed E-state index contributed by atoms with van der Waals surface area (Å²) < 4.78 is 13.8. The van der Waals surface area contributed by atoms with Gasteiger partial charge in [0.05, 0.1) is 0 Å². The van der Waals surface area contributed by atoms with Gasteiger partial charge in [0.15, 0.2) is 0 Å². The van der Waals surface area contributed by atoms with Gasteiger partial charge in [-0.05, 0) is 59.0 Å². The first-order valence-corrected chi connectivity index (χ1v) is 5.97. The molecule has 1 atom stereocenters. The Bertz CT molecular complexity index is 336. The van der Waals surface area contributed by atoms with Crippen molar-refractivity contribution >= 4 is 22.6 Å². The maximum absolute atomic E-state index is 12.9. The molecule has 0 amide bonds. The molecule has 1 aromatic rings. The summed E-state index contributed by atoms with van der Waals surface area (Å²) in [7, 11) is 0. The van der Waals surface area contributed by atoms with Crippen molar-refractivity contribution in [3.8, 4) is 0 Å². The molecule has 1 unspecified atom stereocenters. The molecule has 76 valence electrons. The molecule has 0 aliphatic heterocycles. The minimum Gasteiger partial charge on any atom is -0.324 e. The van der Waals surface area contributed by atoms with Gasteiger partial charge in [0, 0.05) is 9.61 Å². The maximum atomic E-state index is 12.9. The Hall–Kier alpha value is -0.160. The molecule has 0 radical (unpaired) electrons. The molecular formula is C11H13FIN. The lowest BCUT2D eigenvalue weighted by atomic mass is 9.78. The summed E-state index contributed by atoms with van der Waals surface area (Å²) in [5.41, 5.74) is 7.22. The van der Waals surface area contributed by atoms with Crippen LogP contribution in [0.25, 0.3) is 0 Å². The maximum Gasteiger partial charge on any atom is 0.124 e. The molecule has 0 saturated heterocycles. The standard InChI is InChI=1S/C11H13FIN/c12-8-4-5-9(10(13)6-8)11(14)7-2-1-3-7/h4-7,11H,1-3,14H2. The second-order valence-electron chi connectivity index (χ2n) is 3.88. The van der Waals surface area contributed by atoms with Crippen LogP contribution in [0.1, 0.15) is 30.9 Å². The summed E-state index contributed by atoms with van der Waals surface area (Å²) in [4.78, 5) is 0. The Balaban J connectivity index is 2.22. The van der Waals surface area contributed by atoms with Gasteiger partial charge in [0.2, 0.25) is 0 Å². The molecule has 2 rings (SSSR count). The van der Waals surface area contributed by atoms with Crippen LogP contribution >= 0.6 is 22.6 Å². The largest absolute Gasteiger partial charge is 0.324 e. The van der Waals surface area contributed by atoms with E-state index in [1.165, 1.54) is 25.3 Å². The molecular weight excluding hydrogens is 292 g/mol. The van der Waals surface area contributed by atoms with Crippen LogP contribution in [-0.4, -0.2) is 0 Å². The van der Waals surface area contributed by atoms with Crippen LogP contribution in [-0.2, 0) is 0 Å². The molecule has 3 heteroatoms. The molecule has 0 spiro atoms. The van der Waals surface area contributed by atoms with Gasteiger partial charge in [-0.2, -0.15) is 0 Å². The summed E-state index contributed by atoms with van der Waals surface area (Å²) in [6.07, 6.45) is 3.72. The highest BCUT2D eigenvalue weighted by atomic mass is 127. The number of hydrogen-bond donors (Lipinski definition) is 1. The fraction of sp³-hybridized carbons (Fsp3) is 0.455. The van der Waals surface area contributed by atoms with Crippen LogP contribution in [0.5, 0.6) is 0 Å². The Morgan fingerprint density at radius 1 is 1.43 bits per heavy atom. The zero-order valence-electron chi connectivity index (χ0n) is 7.84. The predicted octanol–water partition coefficient (Wildman–Crippen LogP) is 3.23. The quantitative estimate of drug-likeness (QED) is 0.834. The number of benzene rings is 1. The van der Waals surface area contributed by atoms with Crippen LogP contribution in [0.3, 0.4) is 0 Å². The van der Waals surface area contributed by atoms with Gasteiger partial charge >= 0.3 is 0 Å². The van der Waals surface area contributed by atoms with Gasteiger partial charge in [-0.25, -0.2) is 4.39 Å². The van der Waals surface area contributed by atoms with Crippen molar-refractivity contribution in [3.63, 3.8) is 0 Å². The van der Waals surface area contributed by atoms with E-state index >= 15 is 0 Å². The van der Waals surface area contributed by atoms with Crippen LogP contribution in [0.2, 0.25) is 0 Å². The molecule has 1 saturated carbocycles. The monoisotopic (exact) mass is 305 g/mol. The minimum atomic E-state index is -0.182. The normalized spacial score (nSPS) is 19.1. The van der Waals surface area contributed by atoms with Gasteiger partial charge in [0.1, 0.15) is 5.82 Å². The third-order valence-electron chi connectivity index (χ3n) is 2.98. The lowest BCUT2D eigenvalue weighted by Gasteiger charge is -2.32. The van der Waals surface area contributed by atoms with E-state index in [0.717, 1.165) is 9.13 Å². The SMILES string of the molecule is NC(c1ccc(F)cc1I)C1CCC1.